The maximum atomic E-state index is 12.5. The van der Waals surface area contributed by atoms with E-state index in [-0.39, 0.29) is 19.6 Å². The van der Waals surface area contributed by atoms with Crippen molar-refractivity contribution in [2.24, 2.45) is 5.41 Å². The molecule has 0 bridgehead atoms. The number of carboxylic acids is 1. The van der Waals surface area contributed by atoms with Crippen LogP contribution in [-0.2, 0) is 19.9 Å². The van der Waals surface area contributed by atoms with E-state index in [0.717, 1.165) is 16.7 Å². The Bertz CT molecular complexity index is 971. The highest BCUT2D eigenvalue weighted by Gasteiger charge is 2.41. The highest BCUT2D eigenvalue weighted by molar-refractivity contribution is 5.81. The largest absolute Gasteiger partial charge is 0.481 e. The molecule has 0 aliphatic heterocycles. The molecule has 3 aromatic rings. The molecule has 0 saturated heterocycles. The molecule has 178 valence electrons. The van der Waals surface area contributed by atoms with Crippen molar-refractivity contribution in [1.82, 2.24) is 5.32 Å². The monoisotopic (exact) mass is 461 g/mol. The third kappa shape index (κ3) is 5.71. The van der Waals surface area contributed by atoms with Crippen molar-refractivity contribution in [3.8, 4) is 0 Å². The molecule has 6 heteroatoms. The Morgan fingerprint density at radius 1 is 0.824 bits per heavy atom. The van der Waals surface area contributed by atoms with Crippen LogP contribution in [0.3, 0.4) is 0 Å². The molecule has 3 aromatic carbocycles. The predicted octanol–water partition coefficient (Wildman–Crippen LogP) is 3.97. The molecule has 1 amide bonds. The number of benzene rings is 3. The van der Waals surface area contributed by atoms with Gasteiger partial charge in [-0.1, -0.05) is 105 Å². The van der Waals surface area contributed by atoms with Crippen LogP contribution in [0, 0.1) is 5.41 Å². The average Bonchev–Trinajstić information content (AvgIpc) is 2.85. The van der Waals surface area contributed by atoms with Crippen LogP contribution in [-0.4, -0.2) is 41.3 Å². The number of amides is 1. The van der Waals surface area contributed by atoms with Gasteiger partial charge in [-0.2, -0.15) is 0 Å². The van der Waals surface area contributed by atoms with Crippen LogP contribution in [0.5, 0.6) is 0 Å². The number of aliphatic hydroxyl groups excluding tert-OH is 1. The topological polar surface area (TPSA) is 95.9 Å². The van der Waals surface area contributed by atoms with Gasteiger partial charge in [0.2, 0.25) is 5.91 Å². The van der Waals surface area contributed by atoms with Gasteiger partial charge < -0.3 is 20.3 Å². The van der Waals surface area contributed by atoms with Crippen molar-refractivity contribution >= 4 is 11.9 Å². The quantitative estimate of drug-likeness (QED) is 0.376. The molecule has 0 heterocycles. The summed E-state index contributed by atoms with van der Waals surface area (Å²) in [5.41, 5.74) is 0.827. The molecule has 6 nitrogen and oxygen atoms in total. The lowest BCUT2D eigenvalue weighted by molar-refractivity contribution is -0.141. The van der Waals surface area contributed by atoms with Crippen molar-refractivity contribution in [2.45, 2.75) is 32.0 Å². The van der Waals surface area contributed by atoms with Crippen molar-refractivity contribution in [1.29, 1.82) is 0 Å². The fourth-order valence-electron chi connectivity index (χ4n) is 3.89. The number of aliphatic hydroxyl groups is 1. The van der Waals surface area contributed by atoms with Crippen molar-refractivity contribution in [3.63, 3.8) is 0 Å². The van der Waals surface area contributed by atoms with Crippen molar-refractivity contribution < 1.29 is 24.5 Å². The number of hydrogen-bond acceptors (Lipinski definition) is 4. The van der Waals surface area contributed by atoms with Gasteiger partial charge in [0.15, 0.2) is 0 Å². The van der Waals surface area contributed by atoms with E-state index in [9.17, 15) is 14.7 Å². The van der Waals surface area contributed by atoms with E-state index in [1.54, 1.807) is 13.8 Å². The molecule has 0 aliphatic rings. The Balaban J connectivity index is 1.97. The van der Waals surface area contributed by atoms with Gasteiger partial charge in [-0.3, -0.25) is 9.59 Å². The standard InChI is InChI=1S/C28H31NO5/c1-27(2,25(32)26(33)29-19-18-24(30)31)20-34-28(21-12-6-3-7-13-21,22-14-8-4-9-15-22)23-16-10-5-11-17-23/h3-17,25,32H,18-20H2,1-2H3,(H,29,33)(H,30,31). The van der Waals surface area contributed by atoms with Gasteiger partial charge in [0, 0.05) is 12.0 Å². The molecule has 0 aliphatic carbocycles. The van der Waals surface area contributed by atoms with E-state index < -0.39 is 29.0 Å². The van der Waals surface area contributed by atoms with Crippen molar-refractivity contribution in [2.75, 3.05) is 13.2 Å². The minimum absolute atomic E-state index is 0.0514. The molecule has 0 spiro atoms. The minimum Gasteiger partial charge on any atom is -0.481 e. The van der Waals surface area contributed by atoms with Gasteiger partial charge in [0.1, 0.15) is 11.7 Å². The van der Waals surface area contributed by atoms with E-state index >= 15 is 0 Å². The van der Waals surface area contributed by atoms with Crippen molar-refractivity contribution in [3.05, 3.63) is 108 Å². The summed E-state index contributed by atoms with van der Waals surface area (Å²) in [4.78, 5) is 23.2. The lowest BCUT2D eigenvalue weighted by Gasteiger charge is -2.39. The molecular formula is C28H31NO5. The Morgan fingerprint density at radius 2 is 1.24 bits per heavy atom. The van der Waals surface area contributed by atoms with Crippen LogP contribution in [0.1, 0.15) is 37.0 Å². The zero-order valence-electron chi connectivity index (χ0n) is 19.5. The third-order valence-electron chi connectivity index (χ3n) is 5.83. The summed E-state index contributed by atoms with van der Waals surface area (Å²) in [7, 11) is 0. The smallest absolute Gasteiger partial charge is 0.305 e. The summed E-state index contributed by atoms with van der Waals surface area (Å²) < 4.78 is 6.73. The number of carbonyl (C=O) groups is 2. The lowest BCUT2D eigenvalue weighted by Crippen LogP contribution is -2.48. The van der Waals surface area contributed by atoms with Gasteiger partial charge in [0.05, 0.1) is 13.0 Å². The van der Waals surface area contributed by atoms with Gasteiger partial charge in [-0.15, -0.1) is 0 Å². The van der Waals surface area contributed by atoms with Crippen LogP contribution in [0.2, 0.25) is 0 Å². The summed E-state index contributed by atoms with van der Waals surface area (Å²) in [5, 5.41) is 22.1. The number of aliphatic carboxylic acids is 1. The number of rotatable bonds is 11. The lowest BCUT2D eigenvalue weighted by atomic mass is 9.79. The van der Waals surface area contributed by atoms with Crippen LogP contribution in [0.15, 0.2) is 91.0 Å². The van der Waals surface area contributed by atoms with E-state index in [1.807, 2.05) is 91.0 Å². The molecule has 3 rings (SSSR count). The van der Waals surface area contributed by atoms with E-state index in [1.165, 1.54) is 0 Å². The minimum atomic E-state index is -1.39. The van der Waals surface area contributed by atoms with E-state index in [4.69, 9.17) is 9.84 Å². The number of ether oxygens (including phenoxy) is 1. The maximum Gasteiger partial charge on any atom is 0.305 e. The summed E-state index contributed by atoms with van der Waals surface area (Å²) in [6, 6.07) is 29.6. The zero-order chi connectivity index (χ0) is 24.6. The van der Waals surface area contributed by atoms with Gasteiger partial charge in [-0.25, -0.2) is 0 Å². The van der Waals surface area contributed by atoms with E-state index in [0.29, 0.717) is 0 Å². The number of hydrogen-bond donors (Lipinski definition) is 3. The fraction of sp³-hybridized carbons (Fsp3) is 0.286. The second-order valence-corrected chi connectivity index (χ2v) is 8.89. The number of carboxylic acid groups (broad SMARTS) is 1. The van der Waals surface area contributed by atoms with Gasteiger partial charge in [-0.05, 0) is 16.7 Å². The highest BCUT2D eigenvalue weighted by Crippen LogP contribution is 2.42. The molecular weight excluding hydrogens is 430 g/mol. The molecule has 3 N–H and O–H groups in total. The molecule has 1 unspecified atom stereocenters. The highest BCUT2D eigenvalue weighted by atomic mass is 16.5. The molecule has 0 saturated carbocycles. The van der Waals surface area contributed by atoms with Crippen LogP contribution in [0.4, 0.5) is 0 Å². The summed E-state index contributed by atoms with van der Waals surface area (Å²) >= 11 is 0. The Hall–Kier alpha value is -3.48. The molecule has 1 atom stereocenters. The number of nitrogens with one attached hydrogen (secondary N) is 1. The Morgan fingerprint density at radius 3 is 1.62 bits per heavy atom. The first-order chi connectivity index (χ1) is 16.3. The molecule has 0 radical (unpaired) electrons. The van der Waals surface area contributed by atoms with Gasteiger partial charge in [0.25, 0.3) is 0 Å². The van der Waals surface area contributed by atoms with Crippen LogP contribution < -0.4 is 5.32 Å². The third-order valence-corrected chi connectivity index (χ3v) is 5.83. The molecule has 0 fully saturated rings. The first-order valence-corrected chi connectivity index (χ1v) is 11.3. The summed E-state index contributed by atoms with van der Waals surface area (Å²) in [6.45, 7) is 3.50. The van der Waals surface area contributed by atoms with Crippen LogP contribution in [0.25, 0.3) is 0 Å². The average molecular weight is 462 g/mol. The predicted molar refractivity (Wildman–Crippen MR) is 130 cm³/mol. The van der Waals surface area contributed by atoms with Gasteiger partial charge >= 0.3 is 5.97 Å². The molecule has 34 heavy (non-hydrogen) atoms. The fourth-order valence-corrected chi connectivity index (χ4v) is 3.89. The summed E-state index contributed by atoms with van der Waals surface area (Å²) in [6.07, 6.45) is -1.60. The second kappa shape index (κ2) is 11.1. The number of carbonyl (C=O) groups excluding carboxylic acids is 1. The summed E-state index contributed by atoms with van der Waals surface area (Å²) in [5.74, 6) is -1.64. The normalized spacial score (nSPS) is 12.7. The van der Waals surface area contributed by atoms with E-state index in [2.05, 4.69) is 5.32 Å². The zero-order valence-corrected chi connectivity index (χ0v) is 19.5. The Labute approximate surface area is 200 Å². The first-order valence-electron chi connectivity index (χ1n) is 11.3. The Kier molecular flexibility index (Phi) is 8.21. The first kappa shape index (κ1) is 25.1. The molecule has 0 aromatic heterocycles. The SMILES string of the molecule is CC(C)(COC(c1ccccc1)(c1ccccc1)c1ccccc1)C(O)C(=O)NCCC(=O)O. The maximum absolute atomic E-state index is 12.5. The second-order valence-electron chi connectivity index (χ2n) is 8.89. The van der Waals surface area contributed by atoms with Crippen LogP contribution >= 0.6 is 0 Å².